The van der Waals surface area contributed by atoms with Crippen molar-refractivity contribution < 1.29 is 14.3 Å². The molecule has 0 aromatic heterocycles. The molecule has 1 aliphatic rings. The summed E-state index contributed by atoms with van der Waals surface area (Å²) in [6.45, 7) is 1.20. The van der Waals surface area contributed by atoms with Gasteiger partial charge < -0.3 is 14.8 Å². The molecule has 0 fully saturated rings. The van der Waals surface area contributed by atoms with Gasteiger partial charge in [0, 0.05) is 29.3 Å². The second-order valence-corrected chi connectivity index (χ2v) is 6.37. The van der Waals surface area contributed by atoms with Crippen LogP contribution in [0.4, 0.5) is 5.69 Å². The standard InChI is InChI=1S/C23H18N2O3/c24-15-16-6-1-2-7-18(16)19-8-3-4-9-20(19)23(26)25-17-10-11-21-22(14-17)28-13-5-12-27-21/h1-4,6-11,14H,5,12-13H2,(H,25,26). The minimum atomic E-state index is -0.252. The van der Waals surface area contributed by atoms with Crippen LogP contribution in [0.5, 0.6) is 11.5 Å². The van der Waals surface area contributed by atoms with E-state index in [4.69, 9.17) is 9.47 Å². The van der Waals surface area contributed by atoms with Gasteiger partial charge >= 0.3 is 0 Å². The Morgan fingerprint density at radius 3 is 2.43 bits per heavy atom. The molecule has 0 radical (unpaired) electrons. The largest absolute Gasteiger partial charge is 0.490 e. The van der Waals surface area contributed by atoms with E-state index in [1.807, 2.05) is 30.3 Å². The Kier molecular flexibility index (Phi) is 4.94. The summed E-state index contributed by atoms with van der Waals surface area (Å²) in [4.78, 5) is 13.0. The highest BCUT2D eigenvalue weighted by Gasteiger charge is 2.16. The number of nitrogens with zero attached hydrogens (tertiary/aromatic N) is 1. The van der Waals surface area contributed by atoms with E-state index < -0.39 is 0 Å². The summed E-state index contributed by atoms with van der Waals surface area (Å²) in [7, 11) is 0. The summed E-state index contributed by atoms with van der Waals surface area (Å²) in [6.07, 6.45) is 0.821. The number of nitriles is 1. The maximum Gasteiger partial charge on any atom is 0.256 e. The molecule has 0 spiro atoms. The molecule has 138 valence electrons. The number of amides is 1. The lowest BCUT2D eigenvalue weighted by Gasteiger charge is -2.13. The van der Waals surface area contributed by atoms with Gasteiger partial charge in [-0.25, -0.2) is 0 Å². The highest BCUT2D eigenvalue weighted by molar-refractivity contribution is 6.09. The third kappa shape index (κ3) is 3.53. The molecule has 5 heteroatoms. The second-order valence-electron chi connectivity index (χ2n) is 6.37. The lowest BCUT2D eigenvalue weighted by molar-refractivity contribution is 0.102. The summed E-state index contributed by atoms with van der Waals surface area (Å²) >= 11 is 0. The Hall–Kier alpha value is -3.78. The van der Waals surface area contributed by atoms with Crippen LogP contribution in [0, 0.1) is 11.3 Å². The van der Waals surface area contributed by atoms with Crippen molar-refractivity contribution in [3.8, 4) is 28.7 Å². The zero-order valence-corrected chi connectivity index (χ0v) is 15.1. The third-order valence-corrected chi connectivity index (χ3v) is 4.51. The van der Waals surface area contributed by atoms with Gasteiger partial charge in [-0.2, -0.15) is 5.26 Å². The summed E-state index contributed by atoms with van der Waals surface area (Å²) in [6, 6.07) is 22.1. The van der Waals surface area contributed by atoms with Crippen LogP contribution in [0.3, 0.4) is 0 Å². The number of anilines is 1. The minimum absolute atomic E-state index is 0.252. The van der Waals surface area contributed by atoms with E-state index in [1.165, 1.54) is 0 Å². The van der Waals surface area contributed by atoms with E-state index >= 15 is 0 Å². The molecule has 1 heterocycles. The van der Waals surface area contributed by atoms with Crippen LogP contribution in [-0.4, -0.2) is 19.1 Å². The molecule has 0 unspecified atom stereocenters. The molecule has 4 rings (SSSR count). The normalized spacial score (nSPS) is 12.5. The molecular formula is C23H18N2O3. The molecule has 0 atom stereocenters. The Morgan fingerprint density at radius 1 is 0.893 bits per heavy atom. The van der Waals surface area contributed by atoms with Crippen LogP contribution < -0.4 is 14.8 Å². The smallest absolute Gasteiger partial charge is 0.256 e. The van der Waals surface area contributed by atoms with Crippen molar-refractivity contribution in [3.05, 3.63) is 77.9 Å². The van der Waals surface area contributed by atoms with Gasteiger partial charge in [-0.15, -0.1) is 0 Å². The number of hydrogen-bond donors (Lipinski definition) is 1. The van der Waals surface area contributed by atoms with Gasteiger partial charge in [0.2, 0.25) is 0 Å². The summed E-state index contributed by atoms with van der Waals surface area (Å²) < 4.78 is 11.3. The van der Waals surface area contributed by atoms with Crippen molar-refractivity contribution in [1.82, 2.24) is 0 Å². The topological polar surface area (TPSA) is 71.4 Å². The quantitative estimate of drug-likeness (QED) is 0.729. The van der Waals surface area contributed by atoms with E-state index in [0.29, 0.717) is 47.1 Å². The molecule has 0 saturated carbocycles. The Balaban J connectivity index is 1.65. The average Bonchev–Trinajstić information content (AvgIpc) is 2.98. The van der Waals surface area contributed by atoms with Gasteiger partial charge in [-0.1, -0.05) is 36.4 Å². The number of benzene rings is 3. The highest BCUT2D eigenvalue weighted by Crippen LogP contribution is 2.33. The SMILES string of the molecule is N#Cc1ccccc1-c1ccccc1C(=O)Nc1ccc2c(c1)OCCCO2. The number of rotatable bonds is 3. The van der Waals surface area contributed by atoms with Crippen LogP contribution in [-0.2, 0) is 0 Å². The van der Waals surface area contributed by atoms with Gasteiger partial charge in [0.1, 0.15) is 0 Å². The molecule has 1 amide bonds. The van der Waals surface area contributed by atoms with Gasteiger partial charge in [0.05, 0.1) is 24.8 Å². The average molecular weight is 370 g/mol. The number of hydrogen-bond acceptors (Lipinski definition) is 4. The zero-order chi connectivity index (χ0) is 19.3. The third-order valence-electron chi connectivity index (χ3n) is 4.51. The van der Waals surface area contributed by atoms with Crippen LogP contribution in [0.1, 0.15) is 22.3 Å². The Morgan fingerprint density at radius 2 is 1.61 bits per heavy atom. The second kappa shape index (κ2) is 7.85. The molecule has 1 N–H and O–H groups in total. The summed E-state index contributed by atoms with van der Waals surface area (Å²) in [5.74, 6) is 1.05. The van der Waals surface area contributed by atoms with Crippen molar-refractivity contribution >= 4 is 11.6 Å². The highest BCUT2D eigenvalue weighted by atomic mass is 16.5. The van der Waals surface area contributed by atoms with Crippen molar-refractivity contribution in [2.24, 2.45) is 0 Å². The maximum atomic E-state index is 13.0. The predicted octanol–water partition coefficient (Wildman–Crippen LogP) is 4.64. The number of fused-ring (bicyclic) bond motifs is 1. The van der Waals surface area contributed by atoms with E-state index in [0.717, 1.165) is 12.0 Å². The molecule has 3 aromatic rings. The number of ether oxygens (including phenoxy) is 2. The lowest BCUT2D eigenvalue weighted by atomic mass is 9.95. The summed E-state index contributed by atoms with van der Waals surface area (Å²) in [5, 5.41) is 12.3. The van der Waals surface area contributed by atoms with Crippen molar-refractivity contribution in [1.29, 1.82) is 5.26 Å². The Bertz CT molecular complexity index is 1070. The van der Waals surface area contributed by atoms with Gasteiger partial charge in [0.15, 0.2) is 11.5 Å². The molecular weight excluding hydrogens is 352 g/mol. The maximum absolute atomic E-state index is 13.0. The fourth-order valence-corrected chi connectivity index (χ4v) is 3.17. The first-order valence-corrected chi connectivity index (χ1v) is 9.06. The van der Waals surface area contributed by atoms with E-state index in [2.05, 4.69) is 11.4 Å². The minimum Gasteiger partial charge on any atom is -0.490 e. The van der Waals surface area contributed by atoms with E-state index in [9.17, 15) is 10.1 Å². The molecule has 0 saturated heterocycles. The van der Waals surface area contributed by atoms with Crippen LogP contribution >= 0.6 is 0 Å². The van der Waals surface area contributed by atoms with Crippen molar-refractivity contribution in [2.75, 3.05) is 18.5 Å². The lowest BCUT2D eigenvalue weighted by Crippen LogP contribution is -2.13. The van der Waals surface area contributed by atoms with Crippen LogP contribution in [0.15, 0.2) is 66.7 Å². The molecule has 0 bridgehead atoms. The first-order valence-electron chi connectivity index (χ1n) is 9.06. The summed E-state index contributed by atoms with van der Waals surface area (Å²) in [5.41, 5.74) is 3.09. The number of carbonyl (C=O) groups excluding carboxylic acids is 1. The molecule has 28 heavy (non-hydrogen) atoms. The molecule has 3 aromatic carbocycles. The molecule has 0 aliphatic carbocycles. The van der Waals surface area contributed by atoms with Gasteiger partial charge in [-0.3, -0.25) is 4.79 Å². The Labute approximate surface area is 163 Å². The first kappa shape index (κ1) is 17.6. The van der Waals surface area contributed by atoms with Gasteiger partial charge in [-0.05, 0) is 29.8 Å². The zero-order valence-electron chi connectivity index (χ0n) is 15.1. The predicted molar refractivity (Wildman–Crippen MR) is 107 cm³/mol. The number of nitrogens with one attached hydrogen (secondary N) is 1. The molecule has 1 aliphatic heterocycles. The van der Waals surface area contributed by atoms with Crippen LogP contribution in [0.25, 0.3) is 11.1 Å². The fraction of sp³-hybridized carbons (Fsp3) is 0.130. The van der Waals surface area contributed by atoms with E-state index in [1.54, 1.807) is 36.4 Å². The van der Waals surface area contributed by atoms with E-state index in [-0.39, 0.29) is 5.91 Å². The number of carbonyl (C=O) groups is 1. The molecule has 5 nitrogen and oxygen atoms in total. The van der Waals surface area contributed by atoms with Crippen LogP contribution in [0.2, 0.25) is 0 Å². The first-order chi connectivity index (χ1) is 13.8. The van der Waals surface area contributed by atoms with Gasteiger partial charge in [0.25, 0.3) is 5.91 Å². The van der Waals surface area contributed by atoms with Crippen molar-refractivity contribution in [3.63, 3.8) is 0 Å². The monoisotopic (exact) mass is 370 g/mol. The fourth-order valence-electron chi connectivity index (χ4n) is 3.17. The van der Waals surface area contributed by atoms with Crippen molar-refractivity contribution in [2.45, 2.75) is 6.42 Å².